The molecule has 7 nitrogen and oxygen atoms in total. The molecule has 0 spiro atoms. The summed E-state index contributed by atoms with van der Waals surface area (Å²) in [5.74, 6) is -0.402. The lowest BCUT2D eigenvalue weighted by molar-refractivity contribution is -0.159. The third-order valence-corrected chi connectivity index (χ3v) is 7.87. The number of rotatable bonds is 9. The molecular weight excluding hydrogens is 463 g/mol. The van der Waals surface area contributed by atoms with Gasteiger partial charge in [0.25, 0.3) is 0 Å². The number of halogens is 2. The van der Waals surface area contributed by atoms with E-state index in [9.17, 15) is 18.4 Å². The van der Waals surface area contributed by atoms with Crippen molar-refractivity contribution in [3.05, 3.63) is 69.7 Å². The van der Waals surface area contributed by atoms with Gasteiger partial charge < -0.3 is 4.74 Å². The molecule has 31 heavy (non-hydrogen) atoms. The maximum Gasteiger partial charge on any atom is 0.233 e. The van der Waals surface area contributed by atoms with Crippen LogP contribution < -0.4 is 0 Å². The quantitative estimate of drug-likeness (QED) is 0.330. The van der Waals surface area contributed by atoms with E-state index in [4.69, 9.17) is 27.9 Å². The second-order valence-corrected chi connectivity index (χ2v) is 10.2. The monoisotopic (exact) mass is 486 g/mol. The van der Waals surface area contributed by atoms with E-state index in [1.807, 2.05) is 6.07 Å². The summed E-state index contributed by atoms with van der Waals surface area (Å²) in [6.45, 7) is 0.980. The molecule has 168 valence electrons. The van der Waals surface area contributed by atoms with Crippen molar-refractivity contribution in [3.8, 4) is 0 Å². The summed E-state index contributed by atoms with van der Waals surface area (Å²) in [5, 5.41) is 11.3. The minimum Gasteiger partial charge on any atom is -0.373 e. The highest BCUT2D eigenvalue weighted by atomic mass is 35.5. The van der Waals surface area contributed by atoms with Gasteiger partial charge in [0.15, 0.2) is 0 Å². The summed E-state index contributed by atoms with van der Waals surface area (Å²) >= 11 is 11.9. The number of carbonyl (C=O) groups excluding carboxylic acids is 1. The number of piperidine rings is 1. The number of hydroxylamine groups is 2. The van der Waals surface area contributed by atoms with Crippen LogP contribution in [-0.4, -0.2) is 54.3 Å². The van der Waals surface area contributed by atoms with Gasteiger partial charge in [-0.25, -0.2) is 17.8 Å². The van der Waals surface area contributed by atoms with Gasteiger partial charge in [-0.3, -0.25) is 10.0 Å². The van der Waals surface area contributed by atoms with Crippen LogP contribution in [-0.2, 0) is 26.2 Å². The number of ether oxygens (including phenoxy) is 1. The molecule has 1 aliphatic rings. The first kappa shape index (κ1) is 24.0. The van der Waals surface area contributed by atoms with Crippen LogP contribution in [0.3, 0.4) is 0 Å². The number of carbonyl (C=O) groups is 1. The molecule has 0 radical (unpaired) electrons. The summed E-state index contributed by atoms with van der Waals surface area (Å²) in [7, 11) is -3.70. The van der Waals surface area contributed by atoms with Gasteiger partial charge in [-0.15, -0.1) is 0 Å². The summed E-state index contributed by atoms with van der Waals surface area (Å²) in [6.07, 6.45) is 1.24. The molecule has 1 fully saturated rings. The Morgan fingerprint density at radius 2 is 1.81 bits per heavy atom. The average molecular weight is 487 g/mol. The van der Waals surface area contributed by atoms with E-state index in [2.05, 4.69) is 0 Å². The van der Waals surface area contributed by atoms with Gasteiger partial charge in [0.1, 0.15) is 0 Å². The topological polar surface area (TPSA) is 87.2 Å². The maximum atomic E-state index is 12.9. The largest absolute Gasteiger partial charge is 0.373 e. The average Bonchev–Trinajstić information content (AvgIpc) is 2.78. The highest BCUT2D eigenvalue weighted by Gasteiger charge is 2.33. The van der Waals surface area contributed by atoms with Crippen molar-refractivity contribution in [2.75, 3.05) is 18.8 Å². The molecule has 2 aromatic carbocycles. The smallest absolute Gasteiger partial charge is 0.233 e. The van der Waals surface area contributed by atoms with Gasteiger partial charge in [0.05, 0.1) is 34.6 Å². The second kappa shape index (κ2) is 10.8. The van der Waals surface area contributed by atoms with Crippen LogP contribution in [0, 0.1) is 0 Å². The Morgan fingerprint density at radius 1 is 1.13 bits per heavy atom. The minimum absolute atomic E-state index is 0.0739. The van der Waals surface area contributed by atoms with E-state index in [1.54, 1.807) is 42.5 Å². The Labute approximate surface area is 192 Å². The highest BCUT2D eigenvalue weighted by molar-refractivity contribution is 7.89. The lowest BCUT2D eigenvalue weighted by Gasteiger charge is -2.33. The number of hydrogen-bond acceptors (Lipinski definition) is 5. The summed E-state index contributed by atoms with van der Waals surface area (Å²) in [5.41, 5.74) is 1.44. The summed E-state index contributed by atoms with van der Waals surface area (Å²) < 4.78 is 33.2. The normalized spacial score (nSPS) is 16.7. The predicted molar refractivity (Wildman–Crippen MR) is 119 cm³/mol. The zero-order chi connectivity index (χ0) is 22.4. The van der Waals surface area contributed by atoms with Crippen molar-refractivity contribution in [1.29, 1.82) is 0 Å². The zero-order valence-corrected chi connectivity index (χ0v) is 19.1. The second-order valence-electron chi connectivity index (χ2n) is 7.35. The Hall–Kier alpha value is -1.68. The molecule has 1 atom stereocenters. The van der Waals surface area contributed by atoms with Crippen molar-refractivity contribution < 1.29 is 23.2 Å². The molecule has 1 aliphatic heterocycles. The van der Waals surface area contributed by atoms with Crippen molar-refractivity contribution in [3.63, 3.8) is 0 Å². The van der Waals surface area contributed by atoms with Gasteiger partial charge in [-0.2, -0.15) is 0 Å². The fraction of sp³-hybridized carbons (Fsp3) is 0.381. The van der Waals surface area contributed by atoms with Crippen LogP contribution in [0.1, 0.15) is 30.0 Å². The van der Waals surface area contributed by atoms with Gasteiger partial charge >= 0.3 is 0 Å². The van der Waals surface area contributed by atoms with Crippen molar-refractivity contribution in [2.24, 2.45) is 0 Å². The van der Waals surface area contributed by atoms with E-state index in [0.29, 0.717) is 53.2 Å². The predicted octanol–water partition coefficient (Wildman–Crippen LogP) is 3.89. The Kier molecular flexibility index (Phi) is 8.32. The molecular formula is C21H24Cl2N2O5S. The maximum absolute atomic E-state index is 12.9. The molecule has 3 rings (SSSR count). The zero-order valence-electron chi connectivity index (χ0n) is 16.7. The summed E-state index contributed by atoms with van der Waals surface area (Å²) in [4.78, 5) is 11.1. The number of hydrogen-bond donors (Lipinski definition) is 1. The lowest BCUT2D eigenvalue weighted by atomic mass is 10.1. The molecule has 0 aliphatic carbocycles. The van der Waals surface area contributed by atoms with Crippen LogP contribution >= 0.6 is 23.2 Å². The molecule has 1 unspecified atom stereocenters. The molecule has 0 aromatic heterocycles. The number of sulfonamides is 1. The first-order chi connectivity index (χ1) is 14.8. The first-order valence-corrected chi connectivity index (χ1v) is 12.2. The molecule has 1 N–H and O–H groups in total. The van der Waals surface area contributed by atoms with Crippen LogP contribution in [0.4, 0.5) is 0 Å². The van der Waals surface area contributed by atoms with E-state index < -0.39 is 21.8 Å². The fourth-order valence-electron chi connectivity index (χ4n) is 3.50. The summed E-state index contributed by atoms with van der Waals surface area (Å²) in [6, 6.07) is 12.9. The van der Waals surface area contributed by atoms with E-state index in [0.717, 1.165) is 5.56 Å². The van der Waals surface area contributed by atoms with Crippen LogP contribution in [0.25, 0.3) is 0 Å². The SMILES string of the molecule is O=CN(O)C(CS(=O)(=O)N1CCC(OCc2ccc(Cl)c(Cl)c2)CC1)c1ccccc1. The third-order valence-electron chi connectivity index (χ3n) is 5.24. The highest BCUT2D eigenvalue weighted by Crippen LogP contribution is 2.26. The lowest BCUT2D eigenvalue weighted by Crippen LogP contribution is -2.44. The van der Waals surface area contributed by atoms with E-state index in [-0.39, 0.29) is 12.5 Å². The number of amides is 1. The Morgan fingerprint density at radius 3 is 2.42 bits per heavy atom. The number of benzene rings is 2. The molecule has 2 aromatic rings. The van der Waals surface area contributed by atoms with Crippen molar-refractivity contribution in [1.82, 2.24) is 9.37 Å². The number of nitrogens with zero attached hydrogens (tertiary/aromatic N) is 2. The Bertz CT molecular complexity index is 983. The molecule has 0 saturated carbocycles. The van der Waals surface area contributed by atoms with E-state index in [1.165, 1.54) is 4.31 Å². The Balaban J connectivity index is 1.57. The molecule has 1 heterocycles. The van der Waals surface area contributed by atoms with Gasteiger partial charge in [0, 0.05) is 13.1 Å². The van der Waals surface area contributed by atoms with Crippen LogP contribution in [0.2, 0.25) is 10.0 Å². The van der Waals surface area contributed by atoms with Crippen molar-refractivity contribution >= 4 is 39.6 Å². The molecule has 0 bridgehead atoms. The molecule has 1 amide bonds. The van der Waals surface area contributed by atoms with Crippen LogP contribution in [0.15, 0.2) is 48.5 Å². The molecule has 1 saturated heterocycles. The van der Waals surface area contributed by atoms with Gasteiger partial charge in [-0.05, 0) is 36.1 Å². The van der Waals surface area contributed by atoms with Gasteiger partial charge in [0.2, 0.25) is 16.4 Å². The van der Waals surface area contributed by atoms with Gasteiger partial charge in [-0.1, -0.05) is 59.6 Å². The third kappa shape index (κ3) is 6.41. The molecule has 10 heteroatoms. The fourth-order valence-corrected chi connectivity index (χ4v) is 5.54. The van der Waals surface area contributed by atoms with Crippen LogP contribution in [0.5, 0.6) is 0 Å². The van der Waals surface area contributed by atoms with E-state index >= 15 is 0 Å². The standard InChI is InChI=1S/C21H24Cl2N2O5S/c22-19-7-6-16(12-20(19)23)13-30-18-8-10-24(11-9-18)31(28,29)14-21(25(27)15-26)17-4-2-1-3-5-17/h1-7,12,15,18,21,27H,8-11,13-14H2. The minimum atomic E-state index is -3.70. The first-order valence-electron chi connectivity index (χ1n) is 9.81. The van der Waals surface area contributed by atoms with Crippen molar-refractivity contribution in [2.45, 2.75) is 31.6 Å².